The number of rotatable bonds is 2. The third kappa shape index (κ3) is 2.54. The van der Waals surface area contributed by atoms with Gasteiger partial charge in [0.1, 0.15) is 0 Å². The van der Waals surface area contributed by atoms with Crippen LogP contribution in [-0.4, -0.2) is 4.92 Å². The Kier molecular flexibility index (Phi) is 3.10. The molecule has 2 aromatic carbocycles. The van der Waals surface area contributed by atoms with Gasteiger partial charge in [-0.2, -0.15) is 0 Å². The SMILES string of the molecule is O=[N+]([O-])c1ccc2sc(=Nc3ccccc3)sc2c1. The van der Waals surface area contributed by atoms with Crippen molar-refractivity contribution < 1.29 is 4.92 Å². The van der Waals surface area contributed by atoms with Crippen LogP contribution in [0.15, 0.2) is 53.5 Å². The molecule has 0 fully saturated rings. The van der Waals surface area contributed by atoms with Crippen LogP contribution in [-0.2, 0) is 0 Å². The van der Waals surface area contributed by atoms with E-state index in [9.17, 15) is 10.1 Å². The number of hydrogen-bond donors (Lipinski definition) is 0. The Morgan fingerprint density at radius 2 is 1.74 bits per heavy atom. The summed E-state index contributed by atoms with van der Waals surface area (Å²) >= 11 is 3.01. The summed E-state index contributed by atoms with van der Waals surface area (Å²) in [6, 6.07) is 14.6. The van der Waals surface area contributed by atoms with E-state index in [1.807, 2.05) is 30.3 Å². The van der Waals surface area contributed by atoms with Crippen LogP contribution < -0.4 is 3.98 Å². The zero-order valence-electron chi connectivity index (χ0n) is 9.65. The van der Waals surface area contributed by atoms with Crippen molar-refractivity contribution in [2.24, 2.45) is 4.99 Å². The van der Waals surface area contributed by atoms with E-state index in [1.165, 1.54) is 17.4 Å². The van der Waals surface area contributed by atoms with E-state index >= 15 is 0 Å². The molecule has 0 aliphatic carbocycles. The number of nitrogens with zero attached hydrogens (tertiary/aromatic N) is 2. The normalized spacial score (nSPS) is 11.9. The topological polar surface area (TPSA) is 55.5 Å². The Morgan fingerprint density at radius 3 is 2.47 bits per heavy atom. The van der Waals surface area contributed by atoms with Crippen molar-refractivity contribution in [1.82, 2.24) is 0 Å². The third-order valence-corrected chi connectivity index (χ3v) is 4.80. The smallest absolute Gasteiger partial charge is 0.258 e. The van der Waals surface area contributed by atoms with Gasteiger partial charge < -0.3 is 0 Å². The fourth-order valence-corrected chi connectivity index (χ4v) is 3.91. The molecule has 0 radical (unpaired) electrons. The zero-order chi connectivity index (χ0) is 13.2. The largest absolute Gasteiger partial charge is 0.270 e. The summed E-state index contributed by atoms with van der Waals surface area (Å²) in [6.07, 6.45) is 0. The van der Waals surface area contributed by atoms with Gasteiger partial charge in [-0.15, -0.1) is 22.7 Å². The predicted molar refractivity (Wildman–Crippen MR) is 78.0 cm³/mol. The predicted octanol–water partition coefficient (Wildman–Crippen LogP) is 4.10. The van der Waals surface area contributed by atoms with Gasteiger partial charge in [-0.3, -0.25) is 10.1 Å². The molecular weight excluding hydrogens is 280 g/mol. The number of fused-ring (bicyclic) bond motifs is 1. The molecule has 1 heterocycles. The molecule has 4 nitrogen and oxygen atoms in total. The van der Waals surface area contributed by atoms with Crippen molar-refractivity contribution in [3.05, 3.63) is 62.6 Å². The molecule has 0 N–H and O–H groups in total. The van der Waals surface area contributed by atoms with Gasteiger partial charge in [0.2, 0.25) is 0 Å². The minimum Gasteiger partial charge on any atom is -0.258 e. The summed E-state index contributed by atoms with van der Waals surface area (Å²) in [5.41, 5.74) is 1.01. The second-order valence-electron chi connectivity index (χ2n) is 3.81. The van der Waals surface area contributed by atoms with Crippen LogP contribution in [0.25, 0.3) is 9.40 Å². The van der Waals surface area contributed by atoms with Crippen LogP contribution in [0, 0.1) is 10.1 Å². The second-order valence-corrected chi connectivity index (χ2v) is 6.13. The molecule has 19 heavy (non-hydrogen) atoms. The minimum atomic E-state index is -0.377. The highest BCUT2D eigenvalue weighted by Gasteiger charge is 2.07. The van der Waals surface area contributed by atoms with Gasteiger partial charge in [0.25, 0.3) is 5.69 Å². The van der Waals surface area contributed by atoms with Crippen LogP contribution in [0.1, 0.15) is 0 Å². The van der Waals surface area contributed by atoms with Gasteiger partial charge in [-0.05, 0) is 18.2 Å². The quantitative estimate of drug-likeness (QED) is 0.526. The van der Waals surface area contributed by atoms with Gasteiger partial charge in [0.15, 0.2) is 3.98 Å². The van der Waals surface area contributed by atoms with E-state index in [4.69, 9.17) is 0 Å². The van der Waals surface area contributed by atoms with Gasteiger partial charge in [0, 0.05) is 16.8 Å². The fourth-order valence-electron chi connectivity index (χ4n) is 1.64. The summed E-state index contributed by atoms with van der Waals surface area (Å²) in [5.74, 6) is 0. The average Bonchev–Trinajstić information content (AvgIpc) is 2.80. The average molecular weight is 288 g/mol. The first kappa shape index (κ1) is 12.0. The van der Waals surface area contributed by atoms with Crippen molar-refractivity contribution in [3.63, 3.8) is 0 Å². The Labute approximate surface area is 116 Å². The van der Waals surface area contributed by atoms with E-state index in [-0.39, 0.29) is 10.6 Å². The van der Waals surface area contributed by atoms with Crippen LogP contribution in [0.2, 0.25) is 0 Å². The Morgan fingerprint density at radius 1 is 1.00 bits per heavy atom. The van der Waals surface area contributed by atoms with Gasteiger partial charge in [-0.25, -0.2) is 4.99 Å². The van der Waals surface area contributed by atoms with Crippen LogP contribution in [0.5, 0.6) is 0 Å². The number of para-hydroxylation sites is 1. The highest BCUT2D eigenvalue weighted by Crippen LogP contribution is 2.26. The molecule has 0 amide bonds. The van der Waals surface area contributed by atoms with E-state index in [2.05, 4.69) is 4.99 Å². The second kappa shape index (κ2) is 4.91. The third-order valence-electron chi connectivity index (χ3n) is 2.51. The van der Waals surface area contributed by atoms with Crippen molar-refractivity contribution in [2.45, 2.75) is 0 Å². The molecule has 0 atom stereocenters. The van der Waals surface area contributed by atoms with E-state index < -0.39 is 0 Å². The van der Waals surface area contributed by atoms with Gasteiger partial charge in [0.05, 0.1) is 15.3 Å². The molecule has 0 unspecified atom stereocenters. The summed E-state index contributed by atoms with van der Waals surface area (Å²) in [5, 5.41) is 10.7. The number of nitro groups is 1. The molecule has 0 spiro atoms. The van der Waals surface area contributed by atoms with Crippen LogP contribution in [0.4, 0.5) is 11.4 Å². The molecule has 6 heteroatoms. The first-order chi connectivity index (χ1) is 9.22. The maximum atomic E-state index is 10.7. The maximum Gasteiger partial charge on any atom is 0.270 e. The number of nitro benzene ring substituents is 1. The number of benzene rings is 2. The molecule has 0 aliphatic rings. The number of hydrogen-bond acceptors (Lipinski definition) is 5. The number of non-ortho nitro benzene ring substituents is 1. The molecule has 0 aliphatic heterocycles. The zero-order valence-corrected chi connectivity index (χ0v) is 11.3. The lowest BCUT2D eigenvalue weighted by Gasteiger charge is -1.89. The maximum absolute atomic E-state index is 10.7. The fraction of sp³-hybridized carbons (Fsp3) is 0. The Bertz CT molecular complexity index is 806. The highest BCUT2D eigenvalue weighted by molar-refractivity contribution is 7.35. The standard InChI is InChI=1S/C13H8N2O2S2/c16-15(17)10-6-7-11-12(8-10)19-13(18-11)14-9-4-2-1-3-5-9/h1-8H. The molecule has 3 rings (SSSR count). The lowest BCUT2D eigenvalue weighted by Crippen LogP contribution is -1.85. The lowest BCUT2D eigenvalue weighted by molar-refractivity contribution is -0.384. The van der Waals surface area contributed by atoms with Crippen LogP contribution >= 0.6 is 22.7 Å². The first-order valence-electron chi connectivity index (χ1n) is 5.50. The Hall–Kier alpha value is -2.05. The van der Waals surface area contributed by atoms with Gasteiger partial charge in [-0.1, -0.05) is 18.2 Å². The summed E-state index contributed by atoms with van der Waals surface area (Å²) in [4.78, 5) is 14.9. The van der Waals surface area contributed by atoms with Crippen LogP contribution in [0.3, 0.4) is 0 Å². The molecule has 94 valence electrons. The minimum absolute atomic E-state index is 0.118. The molecule has 0 saturated carbocycles. The summed E-state index contributed by atoms with van der Waals surface area (Å²) in [7, 11) is 0. The highest BCUT2D eigenvalue weighted by atomic mass is 32.2. The molecule has 0 bridgehead atoms. The molecule has 1 aromatic heterocycles. The van der Waals surface area contributed by atoms with E-state index in [1.54, 1.807) is 23.5 Å². The first-order valence-corrected chi connectivity index (χ1v) is 7.13. The summed E-state index contributed by atoms with van der Waals surface area (Å²) < 4.78 is 2.81. The monoisotopic (exact) mass is 288 g/mol. The van der Waals surface area contributed by atoms with E-state index in [0.29, 0.717) is 0 Å². The molecular formula is C13H8N2O2S2. The van der Waals surface area contributed by atoms with Crippen molar-refractivity contribution in [1.29, 1.82) is 0 Å². The van der Waals surface area contributed by atoms with Crippen molar-refractivity contribution in [3.8, 4) is 0 Å². The van der Waals surface area contributed by atoms with Gasteiger partial charge >= 0.3 is 0 Å². The molecule has 0 saturated heterocycles. The Balaban J connectivity index is 2.12. The summed E-state index contributed by atoms with van der Waals surface area (Å²) in [6.45, 7) is 0. The van der Waals surface area contributed by atoms with E-state index in [0.717, 1.165) is 19.1 Å². The lowest BCUT2D eigenvalue weighted by atomic mass is 10.3. The van der Waals surface area contributed by atoms with Crippen molar-refractivity contribution >= 4 is 43.4 Å². The van der Waals surface area contributed by atoms with Crippen molar-refractivity contribution in [2.75, 3.05) is 0 Å². The molecule has 3 aromatic rings.